The van der Waals surface area contributed by atoms with E-state index < -0.39 is 0 Å². The lowest BCUT2D eigenvalue weighted by Crippen LogP contribution is -2.23. The molecule has 21 heavy (non-hydrogen) atoms. The third kappa shape index (κ3) is 3.78. The first-order valence-corrected chi connectivity index (χ1v) is 8.14. The molecule has 110 valence electrons. The van der Waals surface area contributed by atoms with E-state index in [1.54, 1.807) is 12.1 Å². The molecule has 2 aromatic rings. The summed E-state index contributed by atoms with van der Waals surface area (Å²) in [6, 6.07) is 7.78. The average Bonchev–Trinajstić information content (AvgIpc) is 3.05. The van der Waals surface area contributed by atoms with Gasteiger partial charge in [0.25, 0.3) is 5.91 Å². The molecule has 0 unspecified atom stereocenters. The number of rotatable bonds is 4. The van der Waals surface area contributed by atoms with Crippen molar-refractivity contribution in [2.45, 2.75) is 38.1 Å². The summed E-state index contributed by atoms with van der Waals surface area (Å²) in [6.45, 7) is 0. The zero-order valence-corrected chi connectivity index (χ0v) is 12.5. The molecule has 3 rings (SSSR count). The molecule has 0 aliphatic heterocycles. The predicted octanol–water partition coefficient (Wildman–Crippen LogP) is 3.54. The van der Waals surface area contributed by atoms with Crippen molar-refractivity contribution in [1.29, 1.82) is 0 Å². The molecule has 1 amide bonds. The monoisotopic (exact) mass is 302 g/mol. The summed E-state index contributed by atoms with van der Waals surface area (Å²) in [5, 5.41) is 16.2. The molecule has 0 bridgehead atoms. The van der Waals surface area contributed by atoms with Gasteiger partial charge in [-0.25, -0.2) is 0 Å². The van der Waals surface area contributed by atoms with Gasteiger partial charge in [-0.2, -0.15) is 0 Å². The highest BCUT2D eigenvalue weighted by atomic mass is 32.1. The Morgan fingerprint density at radius 3 is 2.52 bits per heavy atom. The number of aromatic nitrogens is 2. The minimum atomic E-state index is -0.146. The first-order valence-electron chi connectivity index (χ1n) is 7.26. The smallest absolute Gasteiger partial charge is 0.266 e. The maximum Gasteiger partial charge on any atom is 0.266 e. The van der Waals surface area contributed by atoms with E-state index in [0.717, 1.165) is 5.82 Å². The van der Waals surface area contributed by atoms with Crippen molar-refractivity contribution < 1.29 is 4.79 Å². The summed E-state index contributed by atoms with van der Waals surface area (Å²) in [7, 11) is 0. The van der Waals surface area contributed by atoms with E-state index in [-0.39, 0.29) is 5.91 Å². The van der Waals surface area contributed by atoms with Gasteiger partial charge in [0.2, 0.25) is 0 Å². The van der Waals surface area contributed by atoms with Gasteiger partial charge >= 0.3 is 0 Å². The van der Waals surface area contributed by atoms with Gasteiger partial charge in [0, 0.05) is 6.04 Å². The zero-order chi connectivity index (χ0) is 14.5. The van der Waals surface area contributed by atoms with Crippen molar-refractivity contribution >= 4 is 28.9 Å². The van der Waals surface area contributed by atoms with Crippen LogP contribution in [0.1, 0.15) is 41.8 Å². The summed E-state index contributed by atoms with van der Waals surface area (Å²) in [5.74, 6) is 1.10. The Morgan fingerprint density at radius 1 is 1.10 bits per heavy atom. The van der Waals surface area contributed by atoms with E-state index in [1.165, 1.54) is 43.4 Å². The molecule has 1 fully saturated rings. The normalized spacial score (nSPS) is 15.6. The zero-order valence-electron chi connectivity index (χ0n) is 11.7. The van der Waals surface area contributed by atoms with Crippen molar-refractivity contribution in [3.63, 3.8) is 0 Å². The number of hydrogen-bond donors (Lipinski definition) is 2. The Balaban J connectivity index is 1.57. The van der Waals surface area contributed by atoms with Gasteiger partial charge in [-0.05, 0) is 36.4 Å². The van der Waals surface area contributed by atoms with E-state index in [1.807, 2.05) is 17.5 Å². The van der Waals surface area contributed by atoms with Crippen LogP contribution in [0.4, 0.5) is 11.6 Å². The Labute approximate surface area is 127 Å². The van der Waals surface area contributed by atoms with Gasteiger partial charge in [-0.1, -0.05) is 25.3 Å². The fourth-order valence-corrected chi connectivity index (χ4v) is 3.14. The molecule has 5 nitrogen and oxygen atoms in total. The predicted molar refractivity (Wildman–Crippen MR) is 84.8 cm³/mol. The molecule has 0 saturated heterocycles. The Bertz CT molecular complexity index is 576. The quantitative estimate of drug-likeness (QED) is 0.906. The van der Waals surface area contributed by atoms with Crippen LogP contribution in [0.2, 0.25) is 0 Å². The van der Waals surface area contributed by atoms with Gasteiger partial charge in [0.05, 0.1) is 4.88 Å². The molecule has 0 atom stereocenters. The van der Waals surface area contributed by atoms with E-state index in [4.69, 9.17) is 0 Å². The highest BCUT2D eigenvalue weighted by Gasteiger charge is 2.14. The van der Waals surface area contributed by atoms with Crippen LogP contribution in [0.5, 0.6) is 0 Å². The summed E-state index contributed by atoms with van der Waals surface area (Å²) in [4.78, 5) is 12.6. The largest absolute Gasteiger partial charge is 0.366 e. The maximum atomic E-state index is 11.9. The van der Waals surface area contributed by atoms with Gasteiger partial charge < -0.3 is 10.6 Å². The highest BCUT2D eigenvalue weighted by molar-refractivity contribution is 7.12. The molecule has 1 saturated carbocycles. The molecule has 0 radical (unpaired) electrons. The van der Waals surface area contributed by atoms with Crippen molar-refractivity contribution in [2.24, 2.45) is 0 Å². The van der Waals surface area contributed by atoms with E-state index in [2.05, 4.69) is 20.8 Å². The fraction of sp³-hybridized carbons (Fsp3) is 0.400. The molecular weight excluding hydrogens is 284 g/mol. The molecule has 6 heteroatoms. The standard InChI is InChI=1S/C15H18N4OS/c20-15(12-7-4-10-21-12)17-14-9-8-13(18-19-14)16-11-5-2-1-3-6-11/h4,7-11H,1-3,5-6H2,(H,16,18)(H,17,19,20). The second-order valence-electron chi connectivity index (χ2n) is 5.21. The van der Waals surface area contributed by atoms with Gasteiger partial charge in [-0.3, -0.25) is 4.79 Å². The summed E-state index contributed by atoms with van der Waals surface area (Å²) >= 11 is 1.40. The van der Waals surface area contributed by atoms with Gasteiger partial charge in [0.15, 0.2) is 5.82 Å². The number of thiophene rings is 1. The number of anilines is 2. The topological polar surface area (TPSA) is 66.9 Å². The number of carbonyl (C=O) groups excluding carboxylic acids is 1. The van der Waals surface area contributed by atoms with Crippen molar-refractivity contribution in [2.75, 3.05) is 10.6 Å². The van der Waals surface area contributed by atoms with Crippen LogP contribution in [-0.4, -0.2) is 22.1 Å². The van der Waals surface area contributed by atoms with Crippen molar-refractivity contribution in [3.05, 3.63) is 34.5 Å². The lowest BCUT2D eigenvalue weighted by molar-refractivity contribution is 0.103. The molecular formula is C15H18N4OS. The second kappa shape index (κ2) is 6.67. The van der Waals surface area contributed by atoms with E-state index >= 15 is 0 Å². The number of carbonyl (C=O) groups is 1. The van der Waals surface area contributed by atoms with Crippen molar-refractivity contribution in [1.82, 2.24) is 10.2 Å². The SMILES string of the molecule is O=C(Nc1ccc(NC2CCCCC2)nn1)c1cccs1. The van der Waals surface area contributed by atoms with Crippen LogP contribution in [0.25, 0.3) is 0 Å². The molecule has 0 spiro atoms. The molecule has 1 aliphatic rings. The third-order valence-electron chi connectivity index (χ3n) is 3.61. The lowest BCUT2D eigenvalue weighted by atomic mass is 9.95. The van der Waals surface area contributed by atoms with Crippen LogP contribution in [0, 0.1) is 0 Å². The number of amides is 1. The maximum absolute atomic E-state index is 11.9. The third-order valence-corrected chi connectivity index (χ3v) is 4.48. The minimum Gasteiger partial charge on any atom is -0.366 e. The summed E-state index contributed by atoms with van der Waals surface area (Å²) in [5.41, 5.74) is 0. The van der Waals surface area contributed by atoms with Crippen LogP contribution in [0.3, 0.4) is 0 Å². The minimum absolute atomic E-state index is 0.146. The summed E-state index contributed by atoms with van der Waals surface area (Å²) in [6.07, 6.45) is 6.27. The Kier molecular flexibility index (Phi) is 4.45. The fourth-order valence-electron chi connectivity index (χ4n) is 2.52. The van der Waals surface area contributed by atoms with Crippen LogP contribution in [-0.2, 0) is 0 Å². The van der Waals surface area contributed by atoms with Gasteiger partial charge in [-0.15, -0.1) is 21.5 Å². The number of nitrogens with zero attached hydrogens (tertiary/aromatic N) is 2. The van der Waals surface area contributed by atoms with Crippen LogP contribution < -0.4 is 10.6 Å². The molecule has 2 N–H and O–H groups in total. The first-order chi connectivity index (χ1) is 10.3. The van der Waals surface area contributed by atoms with E-state index in [9.17, 15) is 4.79 Å². The average molecular weight is 302 g/mol. The molecule has 2 heterocycles. The molecule has 0 aromatic carbocycles. The van der Waals surface area contributed by atoms with Crippen molar-refractivity contribution in [3.8, 4) is 0 Å². The first kappa shape index (κ1) is 14.0. The lowest BCUT2D eigenvalue weighted by Gasteiger charge is -2.22. The Morgan fingerprint density at radius 2 is 1.86 bits per heavy atom. The van der Waals surface area contributed by atoms with Crippen LogP contribution in [0.15, 0.2) is 29.6 Å². The second-order valence-corrected chi connectivity index (χ2v) is 6.16. The van der Waals surface area contributed by atoms with Gasteiger partial charge in [0.1, 0.15) is 5.82 Å². The Hall–Kier alpha value is -1.95. The number of nitrogens with one attached hydrogen (secondary N) is 2. The molecule has 2 aromatic heterocycles. The van der Waals surface area contributed by atoms with Crippen LogP contribution >= 0.6 is 11.3 Å². The summed E-state index contributed by atoms with van der Waals surface area (Å²) < 4.78 is 0. The number of hydrogen-bond acceptors (Lipinski definition) is 5. The molecule has 1 aliphatic carbocycles. The van der Waals surface area contributed by atoms with E-state index in [0.29, 0.717) is 16.7 Å². The highest BCUT2D eigenvalue weighted by Crippen LogP contribution is 2.21.